The van der Waals surface area contributed by atoms with Crippen molar-refractivity contribution >= 4 is 0 Å². The number of pyridine rings is 1. The minimum absolute atomic E-state index is 0.224. The molecule has 1 aromatic heterocycles. The zero-order valence-corrected chi connectivity index (χ0v) is 9.33. The normalized spacial score (nSPS) is 22.7. The molecule has 1 aromatic rings. The van der Waals surface area contributed by atoms with Crippen LogP contribution in [0, 0.1) is 11.3 Å². The first-order valence-electron chi connectivity index (χ1n) is 5.42. The van der Waals surface area contributed by atoms with Gasteiger partial charge >= 0.3 is 0 Å². The number of nitrogens with one attached hydrogen (secondary N) is 1. The Labute approximate surface area is 90.5 Å². The van der Waals surface area contributed by atoms with E-state index in [-0.39, 0.29) is 5.75 Å². The Bertz CT molecular complexity index is 332. The number of nitrogens with zero attached hydrogens (tertiary/aromatic N) is 1. The van der Waals surface area contributed by atoms with Gasteiger partial charge in [0.15, 0.2) is 0 Å². The molecule has 1 fully saturated rings. The van der Waals surface area contributed by atoms with Crippen LogP contribution in [0.1, 0.15) is 26.0 Å². The highest BCUT2D eigenvalue weighted by Gasteiger charge is 2.44. The van der Waals surface area contributed by atoms with Crippen molar-refractivity contribution in [2.24, 2.45) is 11.3 Å². The van der Waals surface area contributed by atoms with E-state index in [4.69, 9.17) is 5.11 Å². The Morgan fingerprint density at radius 2 is 2.27 bits per heavy atom. The van der Waals surface area contributed by atoms with Crippen LogP contribution in [0.2, 0.25) is 0 Å². The highest BCUT2D eigenvalue weighted by Crippen LogP contribution is 2.50. The second-order valence-electron chi connectivity index (χ2n) is 5.03. The molecule has 1 unspecified atom stereocenters. The van der Waals surface area contributed by atoms with Crippen LogP contribution in [0.25, 0.3) is 0 Å². The smallest absolute Gasteiger partial charge is 0.133 e. The van der Waals surface area contributed by atoms with Crippen molar-refractivity contribution in [1.82, 2.24) is 10.3 Å². The maximum Gasteiger partial charge on any atom is 0.133 e. The van der Waals surface area contributed by atoms with Gasteiger partial charge in [0.1, 0.15) is 5.75 Å². The molecule has 2 N–H and O–H groups in total. The van der Waals surface area contributed by atoms with E-state index in [1.807, 2.05) is 6.07 Å². The van der Waals surface area contributed by atoms with E-state index in [0.29, 0.717) is 5.41 Å². The van der Waals surface area contributed by atoms with Gasteiger partial charge in [0.2, 0.25) is 0 Å². The fourth-order valence-electron chi connectivity index (χ4n) is 1.82. The van der Waals surface area contributed by atoms with Gasteiger partial charge in [-0.05, 0) is 36.4 Å². The van der Waals surface area contributed by atoms with Gasteiger partial charge in [-0.1, -0.05) is 13.8 Å². The fourth-order valence-corrected chi connectivity index (χ4v) is 1.82. The van der Waals surface area contributed by atoms with Crippen molar-refractivity contribution in [3.05, 3.63) is 24.0 Å². The summed E-state index contributed by atoms with van der Waals surface area (Å²) in [5.74, 6) is 1.04. The summed E-state index contributed by atoms with van der Waals surface area (Å²) in [6.45, 7) is 6.46. The second-order valence-corrected chi connectivity index (χ2v) is 5.03. The van der Waals surface area contributed by atoms with Crippen molar-refractivity contribution in [2.75, 3.05) is 6.54 Å². The van der Waals surface area contributed by atoms with Crippen LogP contribution in [0.5, 0.6) is 5.75 Å². The van der Waals surface area contributed by atoms with E-state index in [1.54, 1.807) is 6.07 Å². The molecule has 1 atom stereocenters. The van der Waals surface area contributed by atoms with Crippen molar-refractivity contribution in [3.8, 4) is 5.75 Å². The highest BCUT2D eigenvalue weighted by atomic mass is 16.3. The van der Waals surface area contributed by atoms with Gasteiger partial charge in [-0.3, -0.25) is 4.98 Å². The lowest BCUT2D eigenvalue weighted by Crippen LogP contribution is -2.18. The maximum atomic E-state index is 9.07. The molecule has 1 aliphatic rings. The van der Waals surface area contributed by atoms with Gasteiger partial charge in [0.05, 0.1) is 11.9 Å². The third kappa shape index (κ3) is 2.69. The van der Waals surface area contributed by atoms with Crippen molar-refractivity contribution in [2.45, 2.75) is 26.8 Å². The predicted octanol–water partition coefficient (Wildman–Crippen LogP) is 1.92. The first kappa shape index (κ1) is 10.4. The highest BCUT2D eigenvalue weighted by molar-refractivity contribution is 5.17. The van der Waals surface area contributed by atoms with E-state index in [9.17, 15) is 0 Å². The van der Waals surface area contributed by atoms with Crippen LogP contribution in [0.3, 0.4) is 0 Å². The summed E-state index contributed by atoms with van der Waals surface area (Å²) in [7, 11) is 0. The molecule has 82 valence electrons. The molecule has 0 bridgehead atoms. The summed E-state index contributed by atoms with van der Waals surface area (Å²) >= 11 is 0. The summed E-state index contributed by atoms with van der Waals surface area (Å²) in [6.07, 6.45) is 2.81. The van der Waals surface area contributed by atoms with E-state index in [2.05, 4.69) is 24.1 Å². The number of hydrogen-bond donors (Lipinski definition) is 2. The molecule has 3 heteroatoms. The summed E-state index contributed by atoms with van der Waals surface area (Å²) < 4.78 is 0. The quantitative estimate of drug-likeness (QED) is 0.791. The Hall–Kier alpha value is -1.09. The number of aromatic nitrogens is 1. The molecular weight excluding hydrogens is 188 g/mol. The van der Waals surface area contributed by atoms with Gasteiger partial charge in [0, 0.05) is 6.54 Å². The molecule has 0 radical (unpaired) electrons. The molecule has 1 aliphatic carbocycles. The lowest BCUT2D eigenvalue weighted by atomic mass is 10.1. The zero-order chi connectivity index (χ0) is 10.9. The molecule has 3 nitrogen and oxygen atoms in total. The van der Waals surface area contributed by atoms with Crippen molar-refractivity contribution in [3.63, 3.8) is 0 Å². The van der Waals surface area contributed by atoms with Crippen LogP contribution in [0.15, 0.2) is 18.3 Å². The third-order valence-corrected chi connectivity index (χ3v) is 3.22. The molecule has 15 heavy (non-hydrogen) atoms. The Balaban J connectivity index is 1.72. The molecule has 0 aliphatic heterocycles. The largest absolute Gasteiger partial charge is 0.506 e. The van der Waals surface area contributed by atoms with Gasteiger partial charge in [0.25, 0.3) is 0 Å². The first-order valence-corrected chi connectivity index (χ1v) is 5.42. The Morgan fingerprint density at radius 3 is 2.80 bits per heavy atom. The molecule has 1 heterocycles. The molecular formula is C12H18N2O. The van der Waals surface area contributed by atoms with Crippen LogP contribution >= 0.6 is 0 Å². The standard InChI is InChI=1S/C12H18N2O/c1-12(2)5-9(12)6-13-7-10-3-4-11(15)8-14-10/h3-4,8-9,13,15H,5-7H2,1-2H3. The fraction of sp³-hybridized carbons (Fsp3) is 0.583. The maximum absolute atomic E-state index is 9.07. The third-order valence-electron chi connectivity index (χ3n) is 3.22. The molecule has 0 amide bonds. The topological polar surface area (TPSA) is 45.1 Å². The minimum atomic E-state index is 0.224. The molecule has 0 saturated heterocycles. The molecule has 0 aromatic carbocycles. The number of hydrogen-bond acceptors (Lipinski definition) is 3. The van der Waals surface area contributed by atoms with Gasteiger partial charge in [-0.15, -0.1) is 0 Å². The van der Waals surface area contributed by atoms with E-state index in [1.165, 1.54) is 12.6 Å². The number of rotatable bonds is 4. The summed E-state index contributed by atoms with van der Waals surface area (Å²) in [5, 5.41) is 12.5. The predicted molar refractivity (Wildman–Crippen MR) is 59.5 cm³/mol. The van der Waals surface area contributed by atoms with E-state index < -0.39 is 0 Å². The SMILES string of the molecule is CC1(C)CC1CNCc1ccc(O)cn1. The minimum Gasteiger partial charge on any atom is -0.506 e. The van der Waals surface area contributed by atoms with E-state index >= 15 is 0 Å². The van der Waals surface area contributed by atoms with Crippen molar-refractivity contribution in [1.29, 1.82) is 0 Å². The number of aromatic hydroxyl groups is 1. The average Bonchev–Trinajstić information content (AvgIpc) is 2.78. The van der Waals surface area contributed by atoms with Gasteiger partial charge in [-0.2, -0.15) is 0 Å². The monoisotopic (exact) mass is 206 g/mol. The van der Waals surface area contributed by atoms with Crippen LogP contribution < -0.4 is 5.32 Å². The summed E-state index contributed by atoms with van der Waals surface area (Å²) in [6, 6.07) is 3.52. The molecule has 0 spiro atoms. The van der Waals surface area contributed by atoms with Crippen LogP contribution in [-0.2, 0) is 6.54 Å². The molecule has 2 rings (SSSR count). The lowest BCUT2D eigenvalue weighted by Gasteiger charge is -2.05. The average molecular weight is 206 g/mol. The molecule has 1 saturated carbocycles. The second kappa shape index (κ2) is 3.81. The van der Waals surface area contributed by atoms with E-state index in [0.717, 1.165) is 24.7 Å². The summed E-state index contributed by atoms with van der Waals surface area (Å²) in [4.78, 5) is 4.12. The zero-order valence-electron chi connectivity index (χ0n) is 9.33. The van der Waals surface area contributed by atoms with Crippen LogP contribution in [0.4, 0.5) is 0 Å². The Kier molecular flexibility index (Phi) is 2.65. The van der Waals surface area contributed by atoms with Gasteiger partial charge in [-0.25, -0.2) is 0 Å². The Morgan fingerprint density at radius 1 is 1.53 bits per heavy atom. The van der Waals surface area contributed by atoms with Crippen molar-refractivity contribution < 1.29 is 5.11 Å². The van der Waals surface area contributed by atoms with Gasteiger partial charge < -0.3 is 10.4 Å². The van der Waals surface area contributed by atoms with Crippen LogP contribution in [-0.4, -0.2) is 16.6 Å². The lowest BCUT2D eigenvalue weighted by molar-refractivity contribution is 0.471. The summed E-state index contributed by atoms with van der Waals surface area (Å²) in [5.41, 5.74) is 1.52. The first-order chi connectivity index (χ1) is 7.08.